The molecule has 3 unspecified atom stereocenters. The van der Waals surface area contributed by atoms with Gasteiger partial charge in [0.05, 0.1) is 6.04 Å². The van der Waals surface area contributed by atoms with Crippen LogP contribution in [0.1, 0.15) is 43.7 Å². The number of hydrogen-bond acceptors (Lipinski definition) is 4. The number of hydrogen-bond donors (Lipinski definition) is 2. The van der Waals surface area contributed by atoms with Gasteiger partial charge in [0.25, 0.3) is 0 Å². The lowest BCUT2D eigenvalue weighted by molar-refractivity contribution is 0.0668. The van der Waals surface area contributed by atoms with Gasteiger partial charge in [0.2, 0.25) is 0 Å². The first kappa shape index (κ1) is 14.6. The number of nitrogens with zero attached hydrogens (tertiary/aromatic N) is 1. The molecule has 0 aliphatic carbocycles. The maximum Gasteiger partial charge on any atom is 0.122 e. The average Bonchev–Trinajstić information content (AvgIpc) is 2.85. The van der Waals surface area contributed by atoms with E-state index in [0.29, 0.717) is 5.92 Å². The van der Waals surface area contributed by atoms with Crippen molar-refractivity contribution >= 4 is 0 Å². The molecule has 0 saturated carbocycles. The van der Waals surface area contributed by atoms with Crippen molar-refractivity contribution in [3.05, 3.63) is 23.7 Å². The molecule has 0 bridgehead atoms. The zero-order chi connectivity index (χ0) is 13.8. The number of nitrogens with two attached hydrogens (primary N) is 1. The Balaban J connectivity index is 2.17. The van der Waals surface area contributed by atoms with E-state index in [9.17, 15) is 5.11 Å². The van der Waals surface area contributed by atoms with Gasteiger partial charge < -0.3 is 15.3 Å². The smallest absolute Gasteiger partial charge is 0.122 e. The van der Waals surface area contributed by atoms with E-state index in [1.54, 1.807) is 0 Å². The largest absolute Gasteiger partial charge is 0.465 e. The quantitative estimate of drug-likeness (QED) is 0.856. The van der Waals surface area contributed by atoms with E-state index in [1.165, 1.54) is 0 Å². The third kappa shape index (κ3) is 3.38. The molecule has 19 heavy (non-hydrogen) atoms. The first-order valence-corrected chi connectivity index (χ1v) is 7.32. The first-order valence-electron chi connectivity index (χ1n) is 7.32. The van der Waals surface area contributed by atoms with Gasteiger partial charge >= 0.3 is 0 Å². The van der Waals surface area contributed by atoms with Gasteiger partial charge in [0.1, 0.15) is 11.5 Å². The van der Waals surface area contributed by atoms with E-state index in [0.717, 1.165) is 43.9 Å². The molecule has 108 valence electrons. The fraction of sp³-hybridized carbons (Fsp3) is 0.733. The maximum atomic E-state index is 9.38. The molecule has 1 aliphatic rings. The highest BCUT2D eigenvalue weighted by atomic mass is 16.3. The van der Waals surface area contributed by atoms with Crippen molar-refractivity contribution in [3.8, 4) is 0 Å². The Hall–Kier alpha value is -0.840. The number of aryl methyl sites for hydroxylation is 1. The van der Waals surface area contributed by atoms with Crippen LogP contribution in [0.3, 0.4) is 0 Å². The van der Waals surface area contributed by atoms with E-state index in [-0.39, 0.29) is 18.7 Å². The first-order chi connectivity index (χ1) is 9.15. The van der Waals surface area contributed by atoms with Crippen molar-refractivity contribution < 1.29 is 9.52 Å². The molecule has 0 radical (unpaired) electrons. The van der Waals surface area contributed by atoms with Crippen molar-refractivity contribution in [1.29, 1.82) is 0 Å². The lowest BCUT2D eigenvalue weighted by Crippen LogP contribution is -2.46. The lowest BCUT2D eigenvalue weighted by atomic mass is 9.94. The fourth-order valence-electron chi connectivity index (χ4n) is 3.00. The normalized spacial score (nSPS) is 24.3. The van der Waals surface area contributed by atoms with Gasteiger partial charge in [0, 0.05) is 19.2 Å². The zero-order valence-corrected chi connectivity index (χ0v) is 12.0. The van der Waals surface area contributed by atoms with E-state index in [1.807, 2.05) is 19.1 Å². The summed E-state index contributed by atoms with van der Waals surface area (Å²) < 4.78 is 5.81. The molecule has 4 heteroatoms. The molecule has 3 atom stereocenters. The van der Waals surface area contributed by atoms with Crippen LogP contribution < -0.4 is 5.73 Å². The van der Waals surface area contributed by atoms with Crippen molar-refractivity contribution in [2.24, 2.45) is 11.7 Å². The highest BCUT2D eigenvalue weighted by molar-refractivity contribution is 5.12. The van der Waals surface area contributed by atoms with Crippen molar-refractivity contribution in [3.63, 3.8) is 0 Å². The highest BCUT2D eigenvalue weighted by Crippen LogP contribution is 2.30. The predicted octanol–water partition coefficient (Wildman–Crippen LogP) is 2.07. The van der Waals surface area contributed by atoms with Gasteiger partial charge in [-0.2, -0.15) is 0 Å². The number of aliphatic hydroxyl groups is 1. The van der Waals surface area contributed by atoms with Crippen molar-refractivity contribution in [2.45, 2.75) is 45.2 Å². The maximum absolute atomic E-state index is 9.38. The second-order valence-electron chi connectivity index (χ2n) is 5.65. The number of furan rings is 1. The van der Waals surface area contributed by atoms with Crippen molar-refractivity contribution in [1.82, 2.24) is 4.90 Å². The predicted molar refractivity (Wildman–Crippen MR) is 75.8 cm³/mol. The zero-order valence-electron chi connectivity index (χ0n) is 12.0. The Bertz CT molecular complexity index is 391. The Kier molecular flexibility index (Phi) is 5.02. The molecule has 1 saturated heterocycles. The van der Waals surface area contributed by atoms with E-state index in [4.69, 9.17) is 10.2 Å². The van der Waals surface area contributed by atoms with Crippen LogP contribution in [0, 0.1) is 12.8 Å². The number of likely N-dealkylation sites (tertiary alicyclic amines) is 1. The molecule has 2 rings (SSSR count). The van der Waals surface area contributed by atoms with Gasteiger partial charge in [-0.25, -0.2) is 0 Å². The van der Waals surface area contributed by atoms with Crippen LogP contribution in [0.4, 0.5) is 0 Å². The van der Waals surface area contributed by atoms with Crippen LogP contribution in [0.25, 0.3) is 0 Å². The average molecular weight is 266 g/mol. The molecule has 0 spiro atoms. The van der Waals surface area contributed by atoms with Gasteiger partial charge in [0.15, 0.2) is 0 Å². The number of rotatable bonds is 5. The Morgan fingerprint density at radius 3 is 2.89 bits per heavy atom. The summed E-state index contributed by atoms with van der Waals surface area (Å²) >= 11 is 0. The summed E-state index contributed by atoms with van der Waals surface area (Å²) in [6.07, 6.45) is 3.15. The molecule has 1 fully saturated rings. The molecule has 1 aliphatic heterocycles. The topological polar surface area (TPSA) is 62.6 Å². The van der Waals surface area contributed by atoms with Crippen LogP contribution in [0.5, 0.6) is 0 Å². The minimum absolute atomic E-state index is 0.0722. The lowest BCUT2D eigenvalue weighted by Gasteiger charge is -2.39. The molecule has 0 aromatic carbocycles. The summed E-state index contributed by atoms with van der Waals surface area (Å²) in [5, 5.41) is 9.38. The summed E-state index contributed by atoms with van der Waals surface area (Å²) in [6.45, 7) is 6.29. The van der Waals surface area contributed by atoms with Gasteiger partial charge in [-0.1, -0.05) is 6.92 Å². The molecule has 1 aromatic rings. The van der Waals surface area contributed by atoms with Crippen LogP contribution >= 0.6 is 0 Å². The molecule has 2 heterocycles. The molecule has 1 aromatic heterocycles. The minimum Gasteiger partial charge on any atom is -0.465 e. The second kappa shape index (κ2) is 6.55. The third-order valence-corrected chi connectivity index (χ3v) is 4.13. The molecular formula is C15H26N2O2. The van der Waals surface area contributed by atoms with Crippen molar-refractivity contribution in [2.75, 3.05) is 19.7 Å². The van der Waals surface area contributed by atoms with Crippen LogP contribution in [0.2, 0.25) is 0 Å². The van der Waals surface area contributed by atoms with E-state index >= 15 is 0 Å². The molecule has 3 N–H and O–H groups in total. The summed E-state index contributed by atoms with van der Waals surface area (Å²) in [5.41, 5.74) is 6.31. The van der Waals surface area contributed by atoms with Crippen LogP contribution in [-0.4, -0.2) is 35.7 Å². The second-order valence-corrected chi connectivity index (χ2v) is 5.65. The van der Waals surface area contributed by atoms with Crippen LogP contribution in [-0.2, 0) is 0 Å². The third-order valence-electron chi connectivity index (χ3n) is 4.13. The van der Waals surface area contributed by atoms with Gasteiger partial charge in [-0.15, -0.1) is 0 Å². The Labute approximate surface area is 115 Å². The molecule has 0 amide bonds. The van der Waals surface area contributed by atoms with Gasteiger partial charge in [-0.3, -0.25) is 4.90 Å². The summed E-state index contributed by atoms with van der Waals surface area (Å²) in [4.78, 5) is 2.39. The minimum atomic E-state index is 0.0722. The highest BCUT2D eigenvalue weighted by Gasteiger charge is 2.31. The van der Waals surface area contributed by atoms with Gasteiger partial charge in [-0.05, 0) is 50.8 Å². The Morgan fingerprint density at radius 1 is 1.53 bits per heavy atom. The van der Waals surface area contributed by atoms with Crippen LogP contribution in [0.15, 0.2) is 16.5 Å². The number of aliphatic hydroxyl groups excluding tert-OH is 1. The standard InChI is InChI=1S/C15H26N2O2/c1-3-13(16)15(14-7-6-11(2)19-14)17-8-4-5-12(9-17)10-18/h6-7,12-13,15,18H,3-5,8-10,16H2,1-2H3. The fourth-order valence-corrected chi connectivity index (χ4v) is 3.00. The monoisotopic (exact) mass is 266 g/mol. The summed E-state index contributed by atoms with van der Waals surface area (Å²) in [5.74, 6) is 2.26. The molecular weight excluding hydrogens is 240 g/mol. The van der Waals surface area contributed by atoms with E-state index in [2.05, 4.69) is 11.8 Å². The van der Waals surface area contributed by atoms with E-state index < -0.39 is 0 Å². The molecule has 4 nitrogen and oxygen atoms in total. The number of piperidine rings is 1. The summed E-state index contributed by atoms with van der Waals surface area (Å²) in [7, 11) is 0. The Morgan fingerprint density at radius 2 is 2.32 bits per heavy atom. The summed E-state index contributed by atoms with van der Waals surface area (Å²) in [6, 6.07) is 4.24. The SMILES string of the molecule is CCC(N)C(c1ccc(C)o1)N1CCCC(CO)C1.